The van der Waals surface area contributed by atoms with Crippen molar-refractivity contribution in [2.45, 2.75) is 12.5 Å². The molecule has 1 aromatic carbocycles. The molecule has 3 aromatic rings. The number of nitrogens with one attached hydrogen (secondary N) is 1. The maximum Gasteiger partial charge on any atom is 0.270 e. The molecule has 0 saturated carbocycles. The van der Waals surface area contributed by atoms with Gasteiger partial charge in [0, 0.05) is 42.2 Å². The number of benzene rings is 1. The minimum atomic E-state index is -0.0247. The van der Waals surface area contributed by atoms with Gasteiger partial charge in [0.15, 0.2) is 0 Å². The summed E-state index contributed by atoms with van der Waals surface area (Å²) in [7, 11) is 1.63. The topological polar surface area (TPSA) is 67.4 Å². The second-order valence-corrected chi connectivity index (χ2v) is 6.08. The van der Waals surface area contributed by atoms with E-state index in [2.05, 4.69) is 9.97 Å². The lowest BCUT2D eigenvalue weighted by molar-refractivity contribution is 0.0766. The molecular formula is C19H19N3O3. The second kappa shape index (κ2) is 6.47. The van der Waals surface area contributed by atoms with Crippen molar-refractivity contribution in [2.75, 3.05) is 20.2 Å². The van der Waals surface area contributed by atoms with Gasteiger partial charge >= 0.3 is 0 Å². The number of carbonyl (C=O) groups excluding carboxylic acids is 1. The van der Waals surface area contributed by atoms with Crippen LogP contribution in [0.3, 0.4) is 0 Å². The molecule has 1 saturated heterocycles. The zero-order valence-corrected chi connectivity index (χ0v) is 13.9. The smallest absolute Gasteiger partial charge is 0.270 e. The number of rotatable bonds is 4. The van der Waals surface area contributed by atoms with Crippen LogP contribution in [0.2, 0.25) is 0 Å². The summed E-state index contributed by atoms with van der Waals surface area (Å²) in [5.41, 5.74) is 1.48. The Hall–Kier alpha value is -3.02. The fraction of sp³-hybridized carbons (Fsp3) is 0.263. The van der Waals surface area contributed by atoms with Gasteiger partial charge in [0.1, 0.15) is 17.5 Å². The maximum absolute atomic E-state index is 12.8. The fourth-order valence-electron chi connectivity index (χ4n) is 3.12. The van der Waals surface area contributed by atoms with Crippen LogP contribution in [0.4, 0.5) is 0 Å². The largest absolute Gasteiger partial charge is 0.497 e. The standard InChI is InChI=1S/C19H19N3O3/c1-24-14-6-5-13-10-17(21-16(13)11-14)19(23)22-9-7-15(12-22)25-18-4-2-3-8-20-18/h2-6,8,10-11,15,21H,7,9,12H2,1H3. The first-order valence-corrected chi connectivity index (χ1v) is 8.26. The van der Waals surface area contributed by atoms with Crippen LogP contribution in [0, 0.1) is 0 Å². The van der Waals surface area contributed by atoms with E-state index in [9.17, 15) is 4.79 Å². The predicted octanol–water partition coefficient (Wildman–Crippen LogP) is 2.87. The molecule has 3 heterocycles. The van der Waals surface area contributed by atoms with Crippen LogP contribution in [-0.2, 0) is 0 Å². The third kappa shape index (κ3) is 3.15. The van der Waals surface area contributed by atoms with Gasteiger partial charge in [-0.05, 0) is 24.3 Å². The molecule has 6 nitrogen and oxygen atoms in total. The zero-order chi connectivity index (χ0) is 17.2. The monoisotopic (exact) mass is 337 g/mol. The van der Waals surface area contributed by atoms with E-state index in [-0.39, 0.29) is 12.0 Å². The highest BCUT2D eigenvalue weighted by Gasteiger charge is 2.29. The lowest BCUT2D eigenvalue weighted by Crippen LogP contribution is -2.31. The van der Waals surface area contributed by atoms with Crippen LogP contribution in [0.5, 0.6) is 11.6 Å². The van der Waals surface area contributed by atoms with E-state index < -0.39 is 0 Å². The summed E-state index contributed by atoms with van der Waals surface area (Å²) in [6, 6.07) is 13.2. The van der Waals surface area contributed by atoms with E-state index in [4.69, 9.17) is 9.47 Å². The summed E-state index contributed by atoms with van der Waals surface area (Å²) < 4.78 is 11.1. The van der Waals surface area contributed by atoms with Crippen molar-refractivity contribution < 1.29 is 14.3 Å². The lowest BCUT2D eigenvalue weighted by Gasteiger charge is -2.16. The number of aromatic nitrogens is 2. The highest BCUT2D eigenvalue weighted by atomic mass is 16.5. The molecule has 4 rings (SSSR count). The number of aromatic amines is 1. The number of H-pyrrole nitrogens is 1. The van der Waals surface area contributed by atoms with Gasteiger partial charge in [-0.2, -0.15) is 0 Å². The van der Waals surface area contributed by atoms with Crippen molar-refractivity contribution in [2.24, 2.45) is 0 Å². The number of likely N-dealkylation sites (tertiary alicyclic amines) is 1. The first-order valence-electron chi connectivity index (χ1n) is 8.26. The number of hydrogen-bond acceptors (Lipinski definition) is 4. The average molecular weight is 337 g/mol. The first kappa shape index (κ1) is 15.5. The Bertz CT molecular complexity index is 891. The molecule has 128 valence electrons. The molecule has 1 fully saturated rings. The fourth-order valence-corrected chi connectivity index (χ4v) is 3.12. The van der Waals surface area contributed by atoms with E-state index in [1.54, 1.807) is 13.3 Å². The maximum atomic E-state index is 12.8. The molecule has 0 radical (unpaired) electrons. The SMILES string of the molecule is COc1ccc2cc(C(=O)N3CCC(Oc4ccccn4)C3)[nH]c2c1. The Labute approximate surface area is 145 Å². The minimum absolute atomic E-state index is 0.0118. The first-order chi connectivity index (χ1) is 12.2. The van der Waals surface area contributed by atoms with E-state index in [0.29, 0.717) is 24.7 Å². The summed E-state index contributed by atoms with van der Waals surface area (Å²) in [6.07, 6.45) is 2.48. The lowest BCUT2D eigenvalue weighted by atomic mass is 10.2. The Morgan fingerprint density at radius 3 is 3.00 bits per heavy atom. The van der Waals surface area contributed by atoms with Gasteiger partial charge in [0.25, 0.3) is 5.91 Å². The highest BCUT2D eigenvalue weighted by Crippen LogP contribution is 2.23. The Kier molecular flexibility index (Phi) is 4.01. The Morgan fingerprint density at radius 1 is 1.28 bits per heavy atom. The van der Waals surface area contributed by atoms with Gasteiger partial charge in [-0.1, -0.05) is 6.07 Å². The van der Waals surface area contributed by atoms with Crippen LogP contribution in [0.25, 0.3) is 10.9 Å². The molecule has 0 bridgehead atoms. The number of nitrogens with zero attached hydrogens (tertiary/aromatic N) is 2. The highest BCUT2D eigenvalue weighted by molar-refractivity contribution is 5.98. The van der Waals surface area contributed by atoms with E-state index >= 15 is 0 Å². The molecular weight excluding hydrogens is 318 g/mol. The number of ether oxygens (including phenoxy) is 2. The number of fused-ring (bicyclic) bond motifs is 1. The van der Waals surface area contributed by atoms with Gasteiger partial charge < -0.3 is 19.4 Å². The van der Waals surface area contributed by atoms with Crippen molar-refractivity contribution >= 4 is 16.8 Å². The molecule has 6 heteroatoms. The quantitative estimate of drug-likeness (QED) is 0.795. The molecule has 1 aliphatic heterocycles. The molecule has 25 heavy (non-hydrogen) atoms. The van der Waals surface area contributed by atoms with E-state index in [0.717, 1.165) is 23.1 Å². The van der Waals surface area contributed by atoms with Gasteiger partial charge in [0.05, 0.1) is 13.7 Å². The minimum Gasteiger partial charge on any atom is -0.497 e. The molecule has 1 atom stereocenters. The zero-order valence-electron chi connectivity index (χ0n) is 13.9. The Morgan fingerprint density at radius 2 is 2.20 bits per heavy atom. The molecule has 1 aliphatic rings. The number of hydrogen-bond donors (Lipinski definition) is 1. The van der Waals surface area contributed by atoms with Gasteiger partial charge in [-0.15, -0.1) is 0 Å². The van der Waals surface area contributed by atoms with Crippen molar-refractivity contribution in [3.63, 3.8) is 0 Å². The third-order valence-corrected chi connectivity index (χ3v) is 4.42. The van der Waals surface area contributed by atoms with Gasteiger partial charge in [-0.25, -0.2) is 4.98 Å². The average Bonchev–Trinajstić information content (AvgIpc) is 3.28. The van der Waals surface area contributed by atoms with E-state index in [1.807, 2.05) is 47.4 Å². The van der Waals surface area contributed by atoms with Crippen LogP contribution in [0.15, 0.2) is 48.7 Å². The summed E-state index contributed by atoms with van der Waals surface area (Å²) in [4.78, 5) is 21.9. The third-order valence-electron chi connectivity index (χ3n) is 4.42. The molecule has 1 amide bonds. The van der Waals surface area contributed by atoms with Crippen LogP contribution < -0.4 is 9.47 Å². The van der Waals surface area contributed by atoms with Gasteiger partial charge in [0.2, 0.25) is 5.88 Å². The number of methoxy groups -OCH3 is 1. The summed E-state index contributed by atoms with van der Waals surface area (Å²) in [6.45, 7) is 1.24. The van der Waals surface area contributed by atoms with Crippen molar-refractivity contribution in [3.8, 4) is 11.6 Å². The summed E-state index contributed by atoms with van der Waals surface area (Å²) >= 11 is 0. The molecule has 2 aromatic heterocycles. The van der Waals surface area contributed by atoms with Gasteiger partial charge in [-0.3, -0.25) is 4.79 Å². The van der Waals surface area contributed by atoms with Crippen molar-refractivity contribution in [1.82, 2.24) is 14.9 Å². The summed E-state index contributed by atoms with van der Waals surface area (Å²) in [5.74, 6) is 1.35. The number of carbonyl (C=O) groups is 1. The van der Waals surface area contributed by atoms with Crippen LogP contribution in [0.1, 0.15) is 16.9 Å². The molecule has 1 N–H and O–H groups in total. The molecule has 1 unspecified atom stereocenters. The van der Waals surface area contributed by atoms with Crippen molar-refractivity contribution in [3.05, 3.63) is 54.4 Å². The number of amides is 1. The molecule has 0 spiro atoms. The number of pyridine rings is 1. The van der Waals surface area contributed by atoms with Crippen molar-refractivity contribution in [1.29, 1.82) is 0 Å². The van der Waals surface area contributed by atoms with Crippen LogP contribution in [-0.4, -0.2) is 47.1 Å². The second-order valence-electron chi connectivity index (χ2n) is 6.08. The predicted molar refractivity (Wildman–Crippen MR) is 94.0 cm³/mol. The summed E-state index contributed by atoms with van der Waals surface area (Å²) in [5, 5.41) is 0.990. The molecule has 0 aliphatic carbocycles. The van der Waals surface area contributed by atoms with E-state index in [1.165, 1.54) is 0 Å². The van der Waals surface area contributed by atoms with Crippen LogP contribution >= 0.6 is 0 Å². The normalized spacial score (nSPS) is 17.0. The Balaban J connectivity index is 1.46.